The minimum atomic E-state index is 0.217. The third kappa shape index (κ3) is 5.40. The molecule has 1 aromatic heterocycles. The molecule has 1 amide bonds. The Labute approximate surface area is 172 Å². The summed E-state index contributed by atoms with van der Waals surface area (Å²) >= 11 is 1.70. The second-order valence-corrected chi connectivity index (χ2v) is 8.83. The summed E-state index contributed by atoms with van der Waals surface area (Å²) in [4.78, 5) is 24.3. The number of rotatable bonds is 6. The Hall–Kier alpha value is -1.76. The van der Waals surface area contributed by atoms with Gasteiger partial charge in [0.15, 0.2) is 0 Å². The molecule has 2 aliphatic rings. The van der Waals surface area contributed by atoms with Crippen molar-refractivity contribution in [3.8, 4) is 0 Å². The summed E-state index contributed by atoms with van der Waals surface area (Å²) in [5, 5.41) is 3.22. The number of nitrogens with zero attached hydrogens (tertiary/aromatic N) is 4. The highest BCUT2D eigenvalue weighted by Gasteiger charge is 2.22. The second kappa shape index (κ2) is 9.63. The number of thiazole rings is 1. The maximum Gasteiger partial charge on any atom is 0.228 e. The lowest BCUT2D eigenvalue weighted by atomic mass is 10.1. The fourth-order valence-corrected chi connectivity index (χ4v) is 4.91. The molecule has 2 fully saturated rings. The van der Waals surface area contributed by atoms with Crippen molar-refractivity contribution >= 4 is 17.2 Å². The SMILES string of the molecule is O=C(Cc1csc(CN2CCCCC2)n1)N1CCN(Cc2ccccc2)CC1. The Morgan fingerprint density at radius 3 is 2.36 bits per heavy atom. The predicted octanol–water partition coefficient (Wildman–Crippen LogP) is 3.02. The lowest BCUT2D eigenvalue weighted by molar-refractivity contribution is -0.132. The zero-order chi connectivity index (χ0) is 19.2. The number of carbonyl (C=O) groups excluding carboxylic acids is 1. The molecule has 6 heteroatoms. The van der Waals surface area contributed by atoms with Crippen LogP contribution in [0, 0.1) is 0 Å². The molecule has 1 aromatic carbocycles. The first-order chi connectivity index (χ1) is 13.8. The summed E-state index contributed by atoms with van der Waals surface area (Å²) < 4.78 is 0. The molecule has 4 rings (SSSR count). The molecule has 2 saturated heterocycles. The maximum absolute atomic E-state index is 12.7. The van der Waals surface area contributed by atoms with E-state index in [4.69, 9.17) is 4.98 Å². The van der Waals surface area contributed by atoms with E-state index >= 15 is 0 Å². The maximum atomic E-state index is 12.7. The quantitative estimate of drug-likeness (QED) is 0.750. The van der Waals surface area contributed by atoms with Crippen LogP contribution in [0.5, 0.6) is 0 Å². The van der Waals surface area contributed by atoms with Crippen LogP contribution in [0.2, 0.25) is 0 Å². The van der Waals surface area contributed by atoms with Crippen LogP contribution in [0.25, 0.3) is 0 Å². The first kappa shape index (κ1) is 19.6. The van der Waals surface area contributed by atoms with Gasteiger partial charge in [-0.3, -0.25) is 14.6 Å². The number of piperidine rings is 1. The van der Waals surface area contributed by atoms with Crippen molar-refractivity contribution in [2.24, 2.45) is 0 Å². The molecule has 0 unspecified atom stereocenters. The number of piperazine rings is 1. The molecule has 0 saturated carbocycles. The van der Waals surface area contributed by atoms with Crippen molar-refractivity contribution < 1.29 is 4.79 Å². The van der Waals surface area contributed by atoms with E-state index in [1.54, 1.807) is 11.3 Å². The highest BCUT2D eigenvalue weighted by molar-refractivity contribution is 7.09. The first-order valence-electron chi connectivity index (χ1n) is 10.5. The lowest BCUT2D eigenvalue weighted by Crippen LogP contribution is -2.48. The van der Waals surface area contributed by atoms with E-state index in [1.165, 1.54) is 37.9 Å². The van der Waals surface area contributed by atoms with Gasteiger partial charge in [-0.2, -0.15) is 0 Å². The minimum Gasteiger partial charge on any atom is -0.340 e. The molecule has 2 aromatic rings. The van der Waals surface area contributed by atoms with Gasteiger partial charge >= 0.3 is 0 Å². The number of hydrogen-bond acceptors (Lipinski definition) is 5. The molecule has 28 heavy (non-hydrogen) atoms. The van der Waals surface area contributed by atoms with Gasteiger partial charge in [-0.25, -0.2) is 4.98 Å². The Morgan fingerprint density at radius 1 is 0.893 bits per heavy atom. The van der Waals surface area contributed by atoms with Crippen LogP contribution in [0.3, 0.4) is 0 Å². The van der Waals surface area contributed by atoms with Gasteiger partial charge in [-0.1, -0.05) is 36.8 Å². The molecular weight excluding hydrogens is 368 g/mol. The van der Waals surface area contributed by atoms with Gasteiger partial charge in [0, 0.05) is 38.1 Å². The van der Waals surface area contributed by atoms with Crippen LogP contribution in [0.4, 0.5) is 0 Å². The van der Waals surface area contributed by atoms with Gasteiger partial charge in [0.25, 0.3) is 0 Å². The van der Waals surface area contributed by atoms with Gasteiger partial charge in [0.2, 0.25) is 5.91 Å². The Kier molecular flexibility index (Phi) is 6.73. The van der Waals surface area contributed by atoms with Crippen molar-refractivity contribution in [3.05, 3.63) is 52.0 Å². The molecular formula is C22H30N4OS. The lowest BCUT2D eigenvalue weighted by Gasteiger charge is -2.34. The summed E-state index contributed by atoms with van der Waals surface area (Å²) in [7, 11) is 0. The summed E-state index contributed by atoms with van der Waals surface area (Å²) in [6.07, 6.45) is 4.39. The molecule has 0 atom stereocenters. The fourth-order valence-electron chi connectivity index (χ4n) is 4.08. The predicted molar refractivity (Wildman–Crippen MR) is 113 cm³/mol. The van der Waals surface area contributed by atoms with E-state index < -0.39 is 0 Å². The zero-order valence-electron chi connectivity index (χ0n) is 16.6. The smallest absolute Gasteiger partial charge is 0.228 e. The van der Waals surface area contributed by atoms with E-state index in [1.807, 2.05) is 4.90 Å². The summed E-state index contributed by atoms with van der Waals surface area (Å²) in [6.45, 7) is 7.79. The van der Waals surface area contributed by atoms with Crippen molar-refractivity contribution in [2.45, 2.75) is 38.8 Å². The van der Waals surface area contributed by atoms with Gasteiger partial charge < -0.3 is 4.90 Å². The molecule has 0 N–H and O–H groups in total. The van der Waals surface area contributed by atoms with Crippen LogP contribution in [0.15, 0.2) is 35.7 Å². The average Bonchev–Trinajstić information content (AvgIpc) is 3.17. The average molecular weight is 399 g/mol. The van der Waals surface area contributed by atoms with Gasteiger partial charge in [0.1, 0.15) is 5.01 Å². The van der Waals surface area contributed by atoms with Crippen molar-refractivity contribution in [1.82, 2.24) is 19.7 Å². The monoisotopic (exact) mass is 398 g/mol. The minimum absolute atomic E-state index is 0.217. The number of carbonyl (C=O) groups is 1. The van der Waals surface area contributed by atoms with Gasteiger partial charge in [-0.05, 0) is 31.5 Å². The summed E-state index contributed by atoms with van der Waals surface area (Å²) in [5.74, 6) is 0.217. The molecule has 150 valence electrons. The number of amides is 1. The number of benzene rings is 1. The van der Waals surface area contributed by atoms with Crippen LogP contribution in [-0.4, -0.2) is 64.9 Å². The number of hydrogen-bond donors (Lipinski definition) is 0. The van der Waals surface area contributed by atoms with Gasteiger partial charge in [-0.15, -0.1) is 11.3 Å². The van der Waals surface area contributed by atoms with Crippen LogP contribution < -0.4 is 0 Å². The first-order valence-corrected chi connectivity index (χ1v) is 11.3. The largest absolute Gasteiger partial charge is 0.340 e. The van der Waals surface area contributed by atoms with E-state index in [-0.39, 0.29) is 5.91 Å². The molecule has 2 aliphatic heterocycles. The molecule has 0 aliphatic carbocycles. The second-order valence-electron chi connectivity index (χ2n) is 7.89. The van der Waals surface area contributed by atoms with E-state index in [0.717, 1.165) is 50.0 Å². The fraction of sp³-hybridized carbons (Fsp3) is 0.545. The van der Waals surface area contributed by atoms with Crippen molar-refractivity contribution in [2.75, 3.05) is 39.3 Å². The van der Waals surface area contributed by atoms with Crippen molar-refractivity contribution in [3.63, 3.8) is 0 Å². The highest BCUT2D eigenvalue weighted by Crippen LogP contribution is 2.17. The van der Waals surface area contributed by atoms with Crippen molar-refractivity contribution in [1.29, 1.82) is 0 Å². The van der Waals surface area contributed by atoms with Crippen LogP contribution >= 0.6 is 11.3 Å². The van der Waals surface area contributed by atoms with E-state index in [0.29, 0.717) is 6.42 Å². The van der Waals surface area contributed by atoms with Crippen LogP contribution in [0.1, 0.15) is 35.5 Å². The zero-order valence-corrected chi connectivity index (χ0v) is 17.4. The van der Waals surface area contributed by atoms with Crippen LogP contribution in [-0.2, 0) is 24.3 Å². The molecule has 3 heterocycles. The molecule has 5 nitrogen and oxygen atoms in total. The third-order valence-corrected chi connectivity index (χ3v) is 6.60. The standard InChI is InChI=1S/C22H30N4OS/c27-22(15-20-18-28-21(23-20)17-24-9-5-2-6-10-24)26-13-11-25(12-14-26)16-19-7-3-1-4-8-19/h1,3-4,7-8,18H,2,5-6,9-17H2. The topological polar surface area (TPSA) is 39.7 Å². The Morgan fingerprint density at radius 2 is 1.61 bits per heavy atom. The Bertz CT molecular complexity index is 749. The molecule has 0 spiro atoms. The normalized spacial score (nSPS) is 19.1. The number of aromatic nitrogens is 1. The summed E-state index contributed by atoms with van der Waals surface area (Å²) in [5.41, 5.74) is 2.28. The third-order valence-electron chi connectivity index (χ3n) is 5.71. The molecule has 0 radical (unpaired) electrons. The highest BCUT2D eigenvalue weighted by atomic mass is 32.1. The van der Waals surface area contributed by atoms with E-state index in [2.05, 4.69) is 45.5 Å². The summed E-state index contributed by atoms with van der Waals surface area (Å²) in [6, 6.07) is 10.6. The Balaban J connectivity index is 1.22. The van der Waals surface area contributed by atoms with Gasteiger partial charge in [0.05, 0.1) is 18.7 Å². The molecule has 0 bridgehead atoms. The van der Waals surface area contributed by atoms with E-state index in [9.17, 15) is 4.79 Å². The number of likely N-dealkylation sites (tertiary alicyclic amines) is 1.